The minimum Gasteiger partial charge on any atom is -0.339 e. The highest BCUT2D eigenvalue weighted by molar-refractivity contribution is 5.80. The lowest BCUT2D eigenvalue weighted by atomic mass is 9.94. The van der Waals surface area contributed by atoms with Crippen LogP contribution in [0.3, 0.4) is 0 Å². The Bertz CT molecular complexity index is 246. The SMILES string of the molecule is CCCN(C(=O)C1CCCC1CN)C1CC1. The minimum absolute atomic E-state index is 0.233. The van der Waals surface area contributed by atoms with Crippen molar-refractivity contribution >= 4 is 5.91 Å². The molecule has 2 atom stereocenters. The number of nitrogens with two attached hydrogens (primary N) is 1. The van der Waals surface area contributed by atoms with Gasteiger partial charge >= 0.3 is 0 Å². The van der Waals surface area contributed by atoms with Crippen LogP contribution in [0.25, 0.3) is 0 Å². The summed E-state index contributed by atoms with van der Waals surface area (Å²) < 4.78 is 0. The molecule has 0 spiro atoms. The fraction of sp³-hybridized carbons (Fsp3) is 0.923. The van der Waals surface area contributed by atoms with Crippen LogP contribution in [0.1, 0.15) is 45.4 Å². The topological polar surface area (TPSA) is 46.3 Å². The number of amides is 1. The van der Waals surface area contributed by atoms with Gasteiger partial charge in [0.1, 0.15) is 0 Å². The van der Waals surface area contributed by atoms with Crippen molar-refractivity contribution in [2.24, 2.45) is 17.6 Å². The van der Waals surface area contributed by atoms with Gasteiger partial charge in [-0.25, -0.2) is 0 Å². The lowest BCUT2D eigenvalue weighted by Crippen LogP contribution is -2.40. The van der Waals surface area contributed by atoms with Crippen molar-refractivity contribution in [3.8, 4) is 0 Å². The highest BCUT2D eigenvalue weighted by Crippen LogP contribution is 2.36. The van der Waals surface area contributed by atoms with E-state index in [0.717, 1.165) is 25.8 Å². The Morgan fingerprint density at radius 2 is 2.06 bits per heavy atom. The molecule has 2 rings (SSSR count). The van der Waals surface area contributed by atoms with E-state index < -0.39 is 0 Å². The summed E-state index contributed by atoms with van der Waals surface area (Å²) >= 11 is 0. The van der Waals surface area contributed by atoms with E-state index in [1.165, 1.54) is 19.3 Å². The average molecular weight is 224 g/mol. The zero-order valence-corrected chi connectivity index (χ0v) is 10.3. The first kappa shape index (κ1) is 11.9. The van der Waals surface area contributed by atoms with Gasteiger partial charge in [0.2, 0.25) is 5.91 Å². The Hall–Kier alpha value is -0.570. The third-order valence-electron chi connectivity index (χ3n) is 4.01. The molecule has 2 saturated carbocycles. The number of carbonyl (C=O) groups is 1. The molecule has 3 nitrogen and oxygen atoms in total. The predicted molar refractivity (Wildman–Crippen MR) is 64.9 cm³/mol. The molecule has 1 amide bonds. The summed E-state index contributed by atoms with van der Waals surface area (Å²) in [5.41, 5.74) is 5.76. The molecule has 0 aromatic heterocycles. The van der Waals surface area contributed by atoms with Crippen molar-refractivity contribution < 1.29 is 4.79 Å². The van der Waals surface area contributed by atoms with Crippen LogP contribution in [0.5, 0.6) is 0 Å². The Morgan fingerprint density at radius 3 is 2.62 bits per heavy atom. The number of nitrogens with zero attached hydrogens (tertiary/aromatic N) is 1. The second-order valence-corrected chi connectivity index (χ2v) is 5.30. The molecule has 2 N–H and O–H groups in total. The van der Waals surface area contributed by atoms with E-state index in [2.05, 4.69) is 11.8 Å². The lowest BCUT2D eigenvalue weighted by molar-refractivity contribution is -0.137. The monoisotopic (exact) mass is 224 g/mol. The Kier molecular flexibility index (Phi) is 3.85. The molecule has 0 radical (unpaired) electrons. The van der Waals surface area contributed by atoms with Crippen LogP contribution in [0.15, 0.2) is 0 Å². The summed E-state index contributed by atoms with van der Waals surface area (Å²) in [5.74, 6) is 1.08. The summed E-state index contributed by atoms with van der Waals surface area (Å²) in [6.07, 6.45) is 6.90. The highest BCUT2D eigenvalue weighted by Gasteiger charge is 2.39. The van der Waals surface area contributed by atoms with E-state index in [-0.39, 0.29) is 5.92 Å². The van der Waals surface area contributed by atoms with Gasteiger partial charge in [-0.1, -0.05) is 13.3 Å². The molecular weight excluding hydrogens is 200 g/mol. The summed E-state index contributed by atoms with van der Waals surface area (Å²) in [7, 11) is 0. The smallest absolute Gasteiger partial charge is 0.226 e. The molecule has 2 fully saturated rings. The molecule has 2 unspecified atom stereocenters. The van der Waals surface area contributed by atoms with E-state index in [4.69, 9.17) is 5.73 Å². The van der Waals surface area contributed by atoms with Crippen molar-refractivity contribution in [1.82, 2.24) is 4.90 Å². The zero-order valence-electron chi connectivity index (χ0n) is 10.3. The fourth-order valence-corrected chi connectivity index (χ4v) is 2.96. The van der Waals surface area contributed by atoms with Crippen molar-refractivity contribution in [2.75, 3.05) is 13.1 Å². The van der Waals surface area contributed by atoms with Crippen LogP contribution in [-0.4, -0.2) is 29.9 Å². The number of rotatable bonds is 5. The van der Waals surface area contributed by atoms with Crippen LogP contribution in [0.4, 0.5) is 0 Å². The summed E-state index contributed by atoms with van der Waals surface area (Å²) in [6.45, 7) is 3.77. The summed E-state index contributed by atoms with van der Waals surface area (Å²) in [4.78, 5) is 14.6. The fourth-order valence-electron chi connectivity index (χ4n) is 2.96. The number of hydrogen-bond donors (Lipinski definition) is 1. The van der Waals surface area contributed by atoms with Crippen LogP contribution in [0, 0.1) is 11.8 Å². The van der Waals surface area contributed by atoms with Gasteiger partial charge in [-0.15, -0.1) is 0 Å². The Labute approximate surface area is 98.4 Å². The predicted octanol–water partition coefficient (Wildman–Crippen LogP) is 1.76. The Morgan fingerprint density at radius 1 is 1.31 bits per heavy atom. The van der Waals surface area contributed by atoms with E-state index >= 15 is 0 Å². The summed E-state index contributed by atoms with van der Waals surface area (Å²) in [6, 6.07) is 0.562. The highest BCUT2D eigenvalue weighted by atomic mass is 16.2. The quantitative estimate of drug-likeness (QED) is 0.773. The Balaban J connectivity index is 1.98. The van der Waals surface area contributed by atoms with Crippen molar-refractivity contribution in [3.05, 3.63) is 0 Å². The first-order valence-electron chi connectivity index (χ1n) is 6.78. The molecule has 0 bridgehead atoms. The van der Waals surface area contributed by atoms with Crippen molar-refractivity contribution in [3.63, 3.8) is 0 Å². The van der Waals surface area contributed by atoms with Gasteiger partial charge in [-0.3, -0.25) is 4.79 Å². The maximum absolute atomic E-state index is 12.5. The van der Waals surface area contributed by atoms with Crippen LogP contribution in [-0.2, 0) is 4.79 Å². The van der Waals surface area contributed by atoms with E-state index in [1.54, 1.807) is 0 Å². The van der Waals surface area contributed by atoms with Crippen molar-refractivity contribution in [1.29, 1.82) is 0 Å². The van der Waals surface area contributed by atoms with Gasteiger partial charge in [0, 0.05) is 18.5 Å². The summed E-state index contributed by atoms with van der Waals surface area (Å²) in [5, 5.41) is 0. The average Bonchev–Trinajstić information content (AvgIpc) is 3.01. The van der Waals surface area contributed by atoms with Gasteiger partial charge in [0.15, 0.2) is 0 Å². The molecule has 0 aromatic carbocycles. The molecule has 2 aliphatic carbocycles. The molecule has 0 heterocycles. The maximum Gasteiger partial charge on any atom is 0.226 e. The van der Waals surface area contributed by atoms with Gasteiger partial charge < -0.3 is 10.6 Å². The molecule has 3 heteroatoms. The number of hydrogen-bond acceptors (Lipinski definition) is 2. The third-order valence-corrected chi connectivity index (χ3v) is 4.01. The molecule has 16 heavy (non-hydrogen) atoms. The lowest BCUT2D eigenvalue weighted by Gasteiger charge is -2.27. The molecule has 0 aliphatic heterocycles. The van der Waals surface area contributed by atoms with Crippen LogP contribution < -0.4 is 5.73 Å². The molecular formula is C13H24N2O. The van der Waals surface area contributed by atoms with Crippen LogP contribution in [0.2, 0.25) is 0 Å². The van der Waals surface area contributed by atoms with E-state index in [9.17, 15) is 4.79 Å². The zero-order chi connectivity index (χ0) is 11.5. The van der Waals surface area contributed by atoms with Gasteiger partial charge in [-0.05, 0) is 44.6 Å². The number of carbonyl (C=O) groups excluding carboxylic acids is 1. The maximum atomic E-state index is 12.5. The van der Waals surface area contributed by atoms with Gasteiger partial charge in [0.05, 0.1) is 0 Å². The van der Waals surface area contributed by atoms with Gasteiger partial charge in [0.25, 0.3) is 0 Å². The normalized spacial score (nSPS) is 29.4. The molecule has 0 aromatic rings. The molecule has 2 aliphatic rings. The second-order valence-electron chi connectivity index (χ2n) is 5.30. The first-order valence-corrected chi connectivity index (χ1v) is 6.78. The van der Waals surface area contributed by atoms with Crippen LogP contribution >= 0.6 is 0 Å². The van der Waals surface area contributed by atoms with E-state index in [0.29, 0.717) is 24.4 Å². The molecule has 0 saturated heterocycles. The van der Waals surface area contributed by atoms with Gasteiger partial charge in [-0.2, -0.15) is 0 Å². The largest absolute Gasteiger partial charge is 0.339 e. The standard InChI is InChI=1S/C13H24N2O/c1-2-8-15(11-6-7-11)13(16)12-5-3-4-10(12)9-14/h10-12H,2-9,14H2,1H3. The third kappa shape index (κ3) is 2.40. The van der Waals surface area contributed by atoms with E-state index in [1.807, 2.05) is 0 Å². The first-order chi connectivity index (χ1) is 7.77. The molecule has 92 valence electrons. The minimum atomic E-state index is 0.233. The second kappa shape index (κ2) is 5.17. The van der Waals surface area contributed by atoms with Crippen molar-refractivity contribution in [2.45, 2.75) is 51.5 Å².